The maximum absolute atomic E-state index is 11.4. The first-order valence-electron chi connectivity index (χ1n) is 9.54. The molecule has 28 heavy (non-hydrogen) atoms. The van der Waals surface area contributed by atoms with E-state index in [4.69, 9.17) is 4.74 Å². The number of allylic oxidation sites excluding steroid dienone is 4. The number of aromatic hydroxyl groups is 1. The van der Waals surface area contributed by atoms with Gasteiger partial charge in [-0.2, -0.15) is 0 Å². The minimum atomic E-state index is -0.372. The molecule has 0 fully saturated rings. The molecule has 0 spiro atoms. The number of hydrogen-bond donors (Lipinski definition) is 1. The highest BCUT2D eigenvalue weighted by Gasteiger charge is 2.14. The average molecular weight is 389 g/mol. The van der Waals surface area contributed by atoms with Crippen molar-refractivity contribution in [1.29, 1.82) is 0 Å². The minimum Gasteiger partial charge on any atom is -0.508 e. The van der Waals surface area contributed by atoms with Crippen LogP contribution in [0.2, 0.25) is 0 Å². The van der Waals surface area contributed by atoms with Gasteiger partial charge in [0.1, 0.15) is 11.5 Å². The topological polar surface area (TPSA) is 72.8 Å². The Morgan fingerprint density at radius 3 is 2.25 bits per heavy atom. The highest BCUT2D eigenvalue weighted by molar-refractivity contribution is 5.71. The van der Waals surface area contributed by atoms with E-state index in [2.05, 4.69) is 23.8 Å². The number of phenolic OH excluding ortho intramolecular Hbond substituents is 1. The number of phenols is 1. The second-order valence-corrected chi connectivity index (χ2v) is 7.15. The Morgan fingerprint density at radius 2 is 1.64 bits per heavy atom. The SMILES string of the molecule is COC(=O)CC/C(C)=C/CCC(C)=CCc1cc(O)c(C)c(C)c1OC(C)=O. The van der Waals surface area contributed by atoms with Crippen LogP contribution in [0.15, 0.2) is 29.4 Å². The Hall–Kier alpha value is -2.56. The zero-order valence-corrected chi connectivity index (χ0v) is 17.8. The smallest absolute Gasteiger partial charge is 0.308 e. The van der Waals surface area contributed by atoms with Crippen LogP contribution < -0.4 is 4.74 Å². The van der Waals surface area contributed by atoms with Crippen LogP contribution in [-0.4, -0.2) is 24.2 Å². The van der Waals surface area contributed by atoms with Crippen molar-refractivity contribution in [3.05, 3.63) is 46.1 Å². The van der Waals surface area contributed by atoms with Crippen LogP contribution >= 0.6 is 0 Å². The van der Waals surface area contributed by atoms with Crippen molar-refractivity contribution >= 4 is 11.9 Å². The molecular weight excluding hydrogens is 356 g/mol. The molecule has 0 bridgehead atoms. The van der Waals surface area contributed by atoms with E-state index in [1.807, 2.05) is 13.8 Å². The maximum atomic E-state index is 11.4. The monoisotopic (exact) mass is 388 g/mol. The zero-order valence-electron chi connectivity index (χ0n) is 17.8. The molecule has 0 heterocycles. The quantitative estimate of drug-likeness (QED) is 0.362. The number of rotatable bonds is 9. The van der Waals surface area contributed by atoms with Crippen molar-refractivity contribution in [2.45, 2.75) is 66.7 Å². The fourth-order valence-corrected chi connectivity index (χ4v) is 2.82. The Balaban J connectivity index is 2.75. The summed E-state index contributed by atoms with van der Waals surface area (Å²) in [4.78, 5) is 22.6. The Kier molecular flexibility index (Phi) is 9.49. The summed E-state index contributed by atoms with van der Waals surface area (Å²) < 4.78 is 10.0. The predicted octanol–water partition coefficient (Wildman–Crippen LogP) is 5.10. The molecule has 1 aromatic rings. The Labute approximate surface area is 168 Å². The van der Waals surface area contributed by atoms with Gasteiger partial charge in [0, 0.05) is 18.9 Å². The van der Waals surface area contributed by atoms with E-state index in [0.717, 1.165) is 24.0 Å². The summed E-state index contributed by atoms with van der Waals surface area (Å²) in [6.45, 7) is 9.10. The minimum absolute atomic E-state index is 0.191. The molecule has 0 saturated heterocycles. The lowest BCUT2D eigenvalue weighted by Gasteiger charge is -2.14. The van der Waals surface area contributed by atoms with Crippen molar-refractivity contribution in [3.8, 4) is 11.5 Å². The molecule has 1 rings (SSSR count). The van der Waals surface area contributed by atoms with Gasteiger partial charge < -0.3 is 14.6 Å². The summed E-state index contributed by atoms with van der Waals surface area (Å²) in [5.41, 5.74) is 4.67. The molecule has 0 unspecified atom stereocenters. The van der Waals surface area contributed by atoms with Crippen molar-refractivity contribution in [2.24, 2.45) is 0 Å². The van der Waals surface area contributed by atoms with Gasteiger partial charge >= 0.3 is 11.9 Å². The van der Waals surface area contributed by atoms with Crippen LogP contribution in [0.1, 0.15) is 63.1 Å². The van der Waals surface area contributed by atoms with Crippen molar-refractivity contribution in [2.75, 3.05) is 7.11 Å². The van der Waals surface area contributed by atoms with Gasteiger partial charge in [0.2, 0.25) is 0 Å². The third kappa shape index (κ3) is 7.59. The fourth-order valence-electron chi connectivity index (χ4n) is 2.82. The van der Waals surface area contributed by atoms with E-state index >= 15 is 0 Å². The van der Waals surface area contributed by atoms with Crippen molar-refractivity contribution in [1.82, 2.24) is 0 Å². The van der Waals surface area contributed by atoms with Crippen LogP contribution in [0, 0.1) is 13.8 Å². The number of esters is 2. The highest BCUT2D eigenvalue weighted by atomic mass is 16.5. The van der Waals surface area contributed by atoms with Crippen LogP contribution in [-0.2, 0) is 20.7 Å². The normalized spacial score (nSPS) is 12.1. The van der Waals surface area contributed by atoms with Gasteiger partial charge in [0.05, 0.1) is 7.11 Å². The van der Waals surface area contributed by atoms with Gasteiger partial charge in [-0.25, -0.2) is 0 Å². The van der Waals surface area contributed by atoms with Crippen LogP contribution in [0.25, 0.3) is 0 Å². The van der Waals surface area contributed by atoms with Crippen LogP contribution in [0.5, 0.6) is 11.5 Å². The molecule has 0 aliphatic rings. The number of methoxy groups -OCH3 is 1. The zero-order chi connectivity index (χ0) is 21.3. The molecule has 0 saturated carbocycles. The van der Waals surface area contributed by atoms with Crippen molar-refractivity contribution in [3.63, 3.8) is 0 Å². The molecule has 0 atom stereocenters. The second kappa shape index (κ2) is 11.3. The van der Waals surface area contributed by atoms with E-state index in [0.29, 0.717) is 30.6 Å². The molecule has 5 nitrogen and oxygen atoms in total. The molecule has 1 N–H and O–H groups in total. The summed E-state index contributed by atoms with van der Waals surface area (Å²) in [5.74, 6) is 0.177. The number of hydrogen-bond acceptors (Lipinski definition) is 5. The van der Waals surface area contributed by atoms with Gasteiger partial charge in [0.25, 0.3) is 0 Å². The fraction of sp³-hybridized carbons (Fsp3) is 0.478. The summed E-state index contributed by atoms with van der Waals surface area (Å²) in [5, 5.41) is 10.1. The average Bonchev–Trinajstić information content (AvgIpc) is 2.64. The van der Waals surface area contributed by atoms with E-state index in [9.17, 15) is 14.7 Å². The molecule has 5 heteroatoms. The lowest BCUT2D eigenvalue weighted by atomic mass is 9.99. The van der Waals surface area contributed by atoms with Gasteiger partial charge in [-0.1, -0.05) is 23.3 Å². The Bertz CT molecular complexity index is 772. The lowest BCUT2D eigenvalue weighted by molar-refractivity contribution is -0.140. The molecule has 0 aliphatic carbocycles. The molecule has 0 amide bonds. The van der Waals surface area contributed by atoms with E-state index in [1.165, 1.54) is 25.2 Å². The number of carbonyl (C=O) groups is 2. The highest BCUT2D eigenvalue weighted by Crippen LogP contribution is 2.33. The first-order chi connectivity index (χ1) is 13.1. The largest absolute Gasteiger partial charge is 0.508 e. The molecule has 1 aromatic carbocycles. The van der Waals surface area contributed by atoms with E-state index < -0.39 is 0 Å². The van der Waals surface area contributed by atoms with Crippen molar-refractivity contribution < 1.29 is 24.2 Å². The number of ether oxygens (including phenoxy) is 2. The first kappa shape index (κ1) is 23.5. The summed E-state index contributed by atoms with van der Waals surface area (Å²) in [6, 6.07) is 1.67. The van der Waals surface area contributed by atoms with Crippen LogP contribution in [0.4, 0.5) is 0 Å². The van der Waals surface area contributed by atoms with Gasteiger partial charge in [-0.05, 0) is 70.6 Å². The molecule has 0 aliphatic heterocycles. The summed E-state index contributed by atoms with van der Waals surface area (Å²) in [6.07, 6.45) is 7.72. The first-order valence-corrected chi connectivity index (χ1v) is 9.54. The van der Waals surface area contributed by atoms with E-state index in [1.54, 1.807) is 13.0 Å². The third-order valence-electron chi connectivity index (χ3n) is 4.79. The molecule has 0 aromatic heterocycles. The van der Waals surface area contributed by atoms with Crippen LogP contribution in [0.3, 0.4) is 0 Å². The van der Waals surface area contributed by atoms with Gasteiger partial charge in [-0.15, -0.1) is 0 Å². The summed E-state index contributed by atoms with van der Waals surface area (Å²) in [7, 11) is 1.40. The second-order valence-electron chi connectivity index (χ2n) is 7.15. The third-order valence-corrected chi connectivity index (χ3v) is 4.79. The molecule has 0 radical (unpaired) electrons. The summed E-state index contributed by atoms with van der Waals surface area (Å²) >= 11 is 0. The lowest BCUT2D eigenvalue weighted by Crippen LogP contribution is -2.06. The standard InChI is InChI=1S/C23H32O5/c1-15(8-7-9-16(2)11-13-22(26)27-6)10-12-20-14-21(25)17(3)18(4)23(20)28-19(5)24/h9-10,14,25H,7-8,11-13H2,1-6H3/b15-10?,16-9+. The Morgan fingerprint density at radius 1 is 1.00 bits per heavy atom. The maximum Gasteiger partial charge on any atom is 0.308 e. The molecule has 154 valence electrons. The number of carbonyl (C=O) groups excluding carboxylic acids is 2. The predicted molar refractivity (Wildman–Crippen MR) is 111 cm³/mol. The van der Waals surface area contributed by atoms with Gasteiger partial charge in [0.15, 0.2) is 0 Å². The van der Waals surface area contributed by atoms with Gasteiger partial charge in [-0.3, -0.25) is 9.59 Å². The molecular formula is C23H32O5. The van der Waals surface area contributed by atoms with E-state index in [-0.39, 0.29) is 17.7 Å². The number of benzene rings is 1.